The minimum atomic E-state index is -0.0171. The maximum atomic E-state index is 13.1. The highest BCUT2D eigenvalue weighted by atomic mass is 16.5. The first-order valence-electron chi connectivity index (χ1n) is 7.86. The molecule has 3 rings (SSSR count). The van der Waals surface area contributed by atoms with E-state index in [2.05, 4.69) is 6.07 Å². The molecule has 0 aliphatic carbocycles. The van der Waals surface area contributed by atoms with Crippen molar-refractivity contribution in [2.24, 2.45) is 0 Å². The molecule has 2 aromatic carbocycles. The number of amides is 1. The number of benzene rings is 2. The minimum absolute atomic E-state index is 0.0171. The van der Waals surface area contributed by atoms with Gasteiger partial charge in [0.2, 0.25) is 0 Å². The number of methoxy groups -OCH3 is 2. The van der Waals surface area contributed by atoms with Crippen molar-refractivity contribution in [3.05, 3.63) is 53.6 Å². The predicted octanol–water partition coefficient (Wildman–Crippen LogP) is 3.69. The number of carbonyl (C=O) groups excluding carboxylic acids is 1. The van der Waals surface area contributed by atoms with Crippen LogP contribution in [0.15, 0.2) is 42.5 Å². The molecule has 0 bridgehead atoms. The first-order chi connectivity index (χ1) is 11.2. The molecular formula is C19H21NO3. The minimum Gasteiger partial charge on any atom is -0.497 e. The van der Waals surface area contributed by atoms with Crippen LogP contribution in [0.3, 0.4) is 0 Å². The van der Waals surface area contributed by atoms with E-state index < -0.39 is 0 Å². The molecule has 0 spiro atoms. The Morgan fingerprint density at radius 1 is 1.00 bits per heavy atom. The lowest BCUT2D eigenvalue weighted by atomic mass is 10.1. The molecule has 0 aromatic heterocycles. The van der Waals surface area contributed by atoms with Crippen LogP contribution in [0.2, 0.25) is 0 Å². The molecule has 1 aliphatic heterocycles. The van der Waals surface area contributed by atoms with Crippen LogP contribution in [0.1, 0.15) is 28.8 Å². The highest BCUT2D eigenvalue weighted by Crippen LogP contribution is 2.29. The van der Waals surface area contributed by atoms with Gasteiger partial charge in [-0.05, 0) is 43.0 Å². The summed E-state index contributed by atoms with van der Waals surface area (Å²) in [5, 5.41) is 0. The summed E-state index contributed by atoms with van der Waals surface area (Å²) in [6.07, 6.45) is 3.12. The van der Waals surface area contributed by atoms with E-state index in [9.17, 15) is 4.79 Å². The normalized spacial score (nSPS) is 13.9. The van der Waals surface area contributed by atoms with Crippen molar-refractivity contribution in [3.63, 3.8) is 0 Å². The van der Waals surface area contributed by atoms with Gasteiger partial charge >= 0.3 is 0 Å². The van der Waals surface area contributed by atoms with Crippen molar-refractivity contribution in [1.29, 1.82) is 0 Å². The van der Waals surface area contributed by atoms with Crippen LogP contribution in [0.5, 0.6) is 11.5 Å². The van der Waals surface area contributed by atoms with Gasteiger partial charge in [0.1, 0.15) is 11.5 Å². The fourth-order valence-corrected chi connectivity index (χ4v) is 2.99. The number of hydrogen-bond donors (Lipinski definition) is 0. The molecule has 4 heteroatoms. The molecule has 1 aliphatic rings. The lowest BCUT2D eigenvalue weighted by Crippen LogP contribution is -2.31. The summed E-state index contributed by atoms with van der Waals surface area (Å²) in [4.78, 5) is 14.9. The van der Waals surface area contributed by atoms with Gasteiger partial charge in [0, 0.05) is 23.9 Å². The summed E-state index contributed by atoms with van der Waals surface area (Å²) in [7, 11) is 3.18. The van der Waals surface area contributed by atoms with Crippen LogP contribution in [0, 0.1) is 0 Å². The number of aryl methyl sites for hydroxylation is 1. The van der Waals surface area contributed by atoms with E-state index >= 15 is 0 Å². The molecule has 120 valence electrons. The Morgan fingerprint density at radius 2 is 1.70 bits per heavy atom. The molecule has 0 radical (unpaired) electrons. The van der Waals surface area contributed by atoms with Crippen molar-refractivity contribution < 1.29 is 14.3 Å². The molecule has 0 atom stereocenters. The molecule has 4 nitrogen and oxygen atoms in total. The summed E-state index contributed by atoms with van der Waals surface area (Å²) in [6, 6.07) is 13.4. The van der Waals surface area contributed by atoms with Crippen molar-refractivity contribution in [3.8, 4) is 11.5 Å². The Bertz CT molecular complexity index is 689. The molecular weight excluding hydrogens is 290 g/mol. The van der Waals surface area contributed by atoms with Crippen LogP contribution in [-0.2, 0) is 6.42 Å². The SMILES string of the molecule is COc1cc(OC)cc(C(=O)N2CCCCc3ccccc32)c1. The van der Waals surface area contributed by atoms with Crippen LogP contribution in [-0.4, -0.2) is 26.7 Å². The number of anilines is 1. The highest BCUT2D eigenvalue weighted by molar-refractivity contribution is 6.07. The number of nitrogens with zero attached hydrogens (tertiary/aromatic N) is 1. The summed E-state index contributed by atoms with van der Waals surface area (Å²) in [5.74, 6) is 1.23. The number of fused-ring (bicyclic) bond motifs is 1. The smallest absolute Gasteiger partial charge is 0.258 e. The van der Waals surface area contributed by atoms with Gasteiger partial charge in [-0.3, -0.25) is 4.79 Å². The largest absolute Gasteiger partial charge is 0.497 e. The van der Waals surface area contributed by atoms with E-state index in [-0.39, 0.29) is 5.91 Å². The Balaban J connectivity index is 2.00. The second-order valence-electron chi connectivity index (χ2n) is 5.64. The molecule has 1 amide bonds. The van der Waals surface area contributed by atoms with Gasteiger partial charge in [-0.2, -0.15) is 0 Å². The Labute approximate surface area is 136 Å². The van der Waals surface area contributed by atoms with Crippen molar-refractivity contribution >= 4 is 11.6 Å². The fraction of sp³-hybridized carbons (Fsp3) is 0.316. The molecule has 0 saturated heterocycles. The first-order valence-corrected chi connectivity index (χ1v) is 7.86. The molecule has 1 heterocycles. The lowest BCUT2D eigenvalue weighted by Gasteiger charge is -2.23. The molecule has 2 aromatic rings. The highest BCUT2D eigenvalue weighted by Gasteiger charge is 2.23. The van der Waals surface area contributed by atoms with E-state index in [1.807, 2.05) is 23.1 Å². The van der Waals surface area contributed by atoms with Crippen LogP contribution < -0.4 is 14.4 Å². The van der Waals surface area contributed by atoms with Crippen molar-refractivity contribution in [1.82, 2.24) is 0 Å². The van der Waals surface area contributed by atoms with Gasteiger partial charge in [-0.15, -0.1) is 0 Å². The Hall–Kier alpha value is -2.49. The zero-order chi connectivity index (χ0) is 16.2. The number of rotatable bonds is 3. The zero-order valence-corrected chi connectivity index (χ0v) is 13.5. The van der Waals surface area contributed by atoms with E-state index in [1.165, 1.54) is 5.56 Å². The summed E-state index contributed by atoms with van der Waals surface area (Å²) in [6.45, 7) is 0.732. The second-order valence-corrected chi connectivity index (χ2v) is 5.64. The number of hydrogen-bond acceptors (Lipinski definition) is 3. The number of carbonyl (C=O) groups is 1. The summed E-state index contributed by atoms with van der Waals surface area (Å²) in [5.41, 5.74) is 2.82. The third-order valence-corrected chi connectivity index (χ3v) is 4.20. The molecule has 0 fully saturated rings. The van der Waals surface area contributed by atoms with E-state index in [0.29, 0.717) is 17.1 Å². The van der Waals surface area contributed by atoms with Crippen LogP contribution in [0.4, 0.5) is 5.69 Å². The molecule has 0 saturated carbocycles. The standard InChI is InChI=1S/C19H21NO3/c1-22-16-11-15(12-17(13-16)23-2)19(21)20-10-6-5-8-14-7-3-4-9-18(14)20/h3-4,7,9,11-13H,5-6,8,10H2,1-2H3. The first kappa shape index (κ1) is 15.4. The zero-order valence-electron chi connectivity index (χ0n) is 13.5. The van der Waals surface area contributed by atoms with Gasteiger partial charge in [0.25, 0.3) is 5.91 Å². The quantitative estimate of drug-likeness (QED) is 0.868. The average Bonchev–Trinajstić information content (AvgIpc) is 2.83. The maximum absolute atomic E-state index is 13.1. The third kappa shape index (κ3) is 3.16. The van der Waals surface area contributed by atoms with Gasteiger partial charge in [0.05, 0.1) is 14.2 Å². The van der Waals surface area contributed by atoms with E-state index in [1.54, 1.807) is 32.4 Å². The average molecular weight is 311 g/mol. The topological polar surface area (TPSA) is 38.8 Å². The fourth-order valence-electron chi connectivity index (χ4n) is 2.99. The second kappa shape index (κ2) is 6.73. The van der Waals surface area contributed by atoms with Crippen molar-refractivity contribution in [2.45, 2.75) is 19.3 Å². The molecule has 0 unspecified atom stereocenters. The van der Waals surface area contributed by atoms with E-state index in [0.717, 1.165) is 31.5 Å². The van der Waals surface area contributed by atoms with Gasteiger partial charge in [-0.25, -0.2) is 0 Å². The van der Waals surface area contributed by atoms with Crippen molar-refractivity contribution in [2.75, 3.05) is 25.7 Å². The van der Waals surface area contributed by atoms with Crippen LogP contribution in [0.25, 0.3) is 0 Å². The van der Waals surface area contributed by atoms with E-state index in [4.69, 9.17) is 9.47 Å². The molecule has 0 N–H and O–H groups in total. The monoisotopic (exact) mass is 311 g/mol. The molecule has 23 heavy (non-hydrogen) atoms. The van der Waals surface area contributed by atoms with Gasteiger partial charge < -0.3 is 14.4 Å². The number of ether oxygens (including phenoxy) is 2. The summed E-state index contributed by atoms with van der Waals surface area (Å²) < 4.78 is 10.6. The van der Waals surface area contributed by atoms with Gasteiger partial charge in [0.15, 0.2) is 0 Å². The number of para-hydroxylation sites is 1. The van der Waals surface area contributed by atoms with Crippen LogP contribution >= 0.6 is 0 Å². The lowest BCUT2D eigenvalue weighted by molar-refractivity contribution is 0.0986. The summed E-state index contributed by atoms with van der Waals surface area (Å²) >= 11 is 0. The Morgan fingerprint density at radius 3 is 2.39 bits per heavy atom. The predicted molar refractivity (Wildman–Crippen MR) is 90.6 cm³/mol. The third-order valence-electron chi connectivity index (χ3n) is 4.20. The maximum Gasteiger partial charge on any atom is 0.258 e. The van der Waals surface area contributed by atoms with Gasteiger partial charge in [-0.1, -0.05) is 18.2 Å². The Kier molecular flexibility index (Phi) is 4.51.